The third-order valence-corrected chi connectivity index (χ3v) is 7.10. The van der Waals surface area contributed by atoms with Gasteiger partial charge in [0.1, 0.15) is 5.75 Å². The maximum absolute atomic E-state index is 12.9. The predicted molar refractivity (Wildman–Crippen MR) is 117 cm³/mol. The highest BCUT2D eigenvalue weighted by Gasteiger charge is 2.27. The van der Waals surface area contributed by atoms with E-state index < -0.39 is 10.0 Å². The van der Waals surface area contributed by atoms with Gasteiger partial charge >= 0.3 is 0 Å². The molecule has 1 amide bonds. The van der Waals surface area contributed by atoms with Crippen molar-refractivity contribution >= 4 is 33.2 Å². The third kappa shape index (κ3) is 4.48. The molecule has 8 heteroatoms. The van der Waals surface area contributed by atoms with E-state index in [4.69, 9.17) is 21.5 Å². The zero-order valence-corrected chi connectivity index (χ0v) is 18.2. The van der Waals surface area contributed by atoms with Crippen LogP contribution in [0, 0.1) is 0 Å². The lowest BCUT2D eigenvalue weighted by Crippen LogP contribution is -2.33. The summed E-state index contributed by atoms with van der Waals surface area (Å²) in [7, 11) is -3.83. The topological polar surface area (TPSA) is 89.7 Å². The number of hydrogen-bond donors (Lipinski definition) is 1. The maximum Gasteiger partial charge on any atom is 0.264 e. The first-order valence-electron chi connectivity index (χ1n) is 10.2. The molecule has 0 spiro atoms. The van der Waals surface area contributed by atoms with E-state index >= 15 is 0 Å². The fraction of sp³-hybridized carbons (Fsp3) is 0.409. The highest BCUT2D eigenvalue weighted by Crippen LogP contribution is 2.39. The van der Waals surface area contributed by atoms with Crippen LogP contribution in [0.15, 0.2) is 41.3 Å². The number of fused-ring (bicyclic) bond motifs is 1. The van der Waals surface area contributed by atoms with Gasteiger partial charge in [-0.05, 0) is 66.6 Å². The van der Waals surface area contributed by atoms with Gasteiger partial charge in [0.25, 0.3) is 5.91 Å². The van der Waals surface area contributed by atoms with Gasteiger partial charge in [-0.1, -0.05) is 36.9 Å². The van der Waals surface area contributed by atoms with Crippen molar-refractivity contribution in [2.75, 3.05) is 18.1 Å². The highest BCUT2D eigenvalue weighted by molar-refractivity contribution is 7.89. The summed E-state index contributed by atoms with van der Waals surface area (Å²) < 4.78 is 29.3. The number of amides is 1. The van der Waals surface area contributed by atoms with Crippen LogP contribution in [0.1, 0.15) is 49.1 Å². The minimum absolute atomic E-state index is 0.000783. The Morgan fingerprint density at radius 2 is 1.90 bits per heavy atom. The number of hydrogen-bond acceptors (Lipinski definition) is 4. The van der Waals surface area contributed by atoms with Crippen LogP contribution in [0.25, 0.3) is 0 Å². The molecule has 0 unspecified atom stereocenters. The lowest BCUT2D eigenvalue weighted by molar-refractivity contribution is -0.120. The van der Waals surface area contributed by atoms with Crippen molar-refractivity contribution in [2.45, 2.75) is 49.3 Å². The summed E-state index contributed by atoms with van der Waals surface area (Å²) in [4.78, 5) is 14.5. The summed E-state index contributed by atoms with van der Waals surface area (Å²) in [5.74, 6) is 0.870. The van der Waals surface area contributed by atoms with Gasteiger partial charge in [0.15, 0.2) is 6.61 Å². The molecule has 4 rings (SSSR count). The summed E-state index contributed by atoms with van der Waals surface area (Å²) in [6.45, 7) is 0.363. The van der Waals surface area contributed by atoms with Gasteiger partial charge in [0.2, 0.25) is 10.0 Å². The molecule has 160 valence electrons. The van der Waals surface area contributed by atoms with E-state index in [9.17, 15) is 13.2 Å². The quantitative estimate of drug-likeness (QED) is 0.748. The number of nitrogens with zero attached hydrogens (tertiary/aromatic N) is 1. The Kier molecular flexibility index (Phi) is 6.04. The summed E-state index contributed by atoms with van der Waals surface area (Å²) >= 11 is 6.22. The number of nitrogens with two attached hydrogens (primary N) is 1. The summed E-state index contributed by atoms with van der Waals surface area (Å²) in [5, 5.41) is 5.91. The van der Waals surface area contributed by atoms with Gasteiger partial charge in [-0.15, -0.1) is 0 Å². The van der Waals surface area contributed by atoms with Crippen LogP contribution < -0.4 is 14.8 Å². The predicted octanol–water partition coefficient (Wildman–Crippen LogP) is 4.00. The molecule has 1 fully saturated rings. The van der Waals surface area contributed by atoms with Crippen molar-refractivity contribution in [2.24, 2.45) is 5.14 Å². The summed E-state index contributed by atoms with van der Waals surface area (Å²) in [5.41, 5.74) is 2.57. The summed E-state index contributed by atoms with van der Waals surface area (Å²) in [6, 6.07) is 10.2. The van der Waals surface area contributed by atoms with E-state index in [1.54, 1.807) is 17.0 Å². The summed E-state index contributed by atoms with van der Waals surface area (Å²) in [6.07, 6.45) is 6.49. The number of rotatable bonds is 5. The van der Waals surface area contributed by atoms with Gasteiger partial charge < -0.3 is 9.64 Å². The van der Waals surface area contributed by atoms with Crippen LogP contribution in [-0.4, -0.2) is 27.5 Å². The van der Waals surface area contributed by atoms with Crippen LogP contribution in [0.5, 0.6) is 5.75 Å². The Morgan fingerprint density at radius 1 is 1.13 bits per heavy atom. The molecule has 30 heavy (non-hydrogen) atoms. The van der Waals surface area contributed by atoms with Crippen LogP contribution in [-0.2, 0) is 21.2 Å². The standard InChI is InChI=1S/C22H25ClN2O4S/c23-17-7-9-21(19(12-17)15-4-2-1-3-5-15)29-14-22(26)25-11-10-16-6-8-18(13-20(16)25)30(24,27)28/h6-9,12-13,15H,1-5,10-11,14H2,(H2,24,27,28). The second kappa shape index (κ2) is 8.57. The SMILES string of the molecule is NS(=O)(=O)c1ccc2c(c1)N(C(=O)COc1ccc(Cl)cc1C1CCCCC1)CC2. The van der Waals surface area contributed by atoms with E-state index in [0.29, 0.717) is 35.3 Å². The van der Waals surface area contributed by atoms with Gasteiger partial charge in [-0.25, -0.2) is 13.6 Å². The van der Waals surface area contributed by atoms with Crippen molar-refractivity contribution < 1.29 is 17.9 Å². The average molecular weight is 449 g/mol. The monoisotopic (exact) mass is 448 g/mol. The third-order valence-electron chi connectivity index (χ3n) is 5.95. The fourth-order valence-electron chi connectivity index (χ4n) is 4.40. The molecule has 2 aromatic rings. The van der Waals surface area contributed by atoms with Crippen molar-refractivity contribution in [3.8, 4) is 5.75 Å². The van der Waals surface area contributed by atoms with E-state index in [-0.39, 0.29) is 17.4 Å². The number of ether oxygens (including phenoxy) is 1. The van der Waals surface area contributed by atoms with Crippen molar-refractivity contribution in [3.63, 3.8) is 0 Å². The van der Waals surface area contributed by atoms with E-state index in [0.717, 1.165) is 24.0 Å². The fourth-order valence-corrected chi connectivity index (χ4v) is 5.11. The molecule has 1 aliphatic heterocycles. The lowest BCUT2D eigenvalue weighted by atomic mass is 9.84. The Bertz CT molecular complexity index is 1060. The number of primary sulfonamides is 1. The molecular weight excluding hydrogens is 424 g/mol. The Hall–Kier alpha value is -2.09. The lowest BCUT2D eigenvalue weighted by Gasteiger charge is -2.25. The zero-order valence-electron chi connectivity index (χ0n) is 16.6. The van der Waals surface area contributed by atoms with Gasteiger partial charge in [-0.2, -0.15) is 0 Å². The molecule has 0 radical (unpaired) electrons. The molecule has 2 N–H and O–H groups in total. The molecule has 0 aromatic heterocycles. The molecule has 0 bridgehead atoms. The Labute approximate surface area is 182 Å². The van der Waals surface area contributed by atoms with Crippen LogP contribution in [0.3, 0.4) is 0 Å². The molecule has 2 aliphatic rings. The molecule has 1 heterocycles. The van der Waals surface area contributed by atoms with E-state index in [2.05, 4.69) is 0 Å². The number of anilines is 1. The van der Waals surface area contributed by atoms with E-state index in [1.165, 1.54) is 31.4 Å². The Balaban J connectivity index is 1.51. The Morgan fingerprint density at radius 3 is 2.63 bits per heavy atom. The molecule has 1 aliphatic carbocycles. The second-order valence-corrected chi connectivity index (χ2v) is 9.93. The smallest absolute Gasteiger partial charge is 0.264 e. The van der Waals surface area contributed by atoms with Gasteiger partial charge in [0.05, 0.1) is 4.90 Å². The first-order chi connectivity index (χ1) is 14.3. The zero-order chi connectivity index (χ0) is 21.3. The maximum atomic E-state index is 12.9. The van der Waals surface area contributed by atoms with Gasteiger partial charge in [0, 0.05) is 17.3 Å². The number of benzene rings is 2. The molecule has 1 saturated carbocycles. The average Bonchev–Trinajstić information content (AvgIpc) is 3.16. The van der Waals surface area contributed by atoms with Crippen LogP contribution >= 0.6 is 11.6 Å². The number of sulfonamides is 1. The largest absolute Gasteiger partial charge is 0.483 e. The number of carbonyl (C=O) groups excluding carboxylic acids is 1. The van der Waals surface area contributed by atoms with Crippen LogP contribution in [0.2, 0.25) is 5.02 Å². The molecule has 0 saturated heterocycles. The number of carbonyl (C=O) groups is 1. The first-order valence-corrected chi connectivity index (χ1v) is 12.1. The highest BCUT2D eigenvalue weighted by atomic mass is 35.5. The minimum atomic E-state index is -3.83. The van der Waals surface area contributed by atoms with Crippen molar-refractivity contribution in [1.82, 2.24) is 0 Å². The minimum Gasteiger partial charge on any atom is -0.483 e. The van der Waals surface area contributed by atoms with Crippen molar-refractivity contribution in [3.05, 3.63) is 52.5 Å². The molecule has 6 nitrogen and oxygen atoms in total. The molecular formula is C22H25ClN2O4S. The van der Waals surface area contributed by atoms with Crippen molar-refractivity contribution in [1.29, 1.82) is 0 Å². The van der Waals surface area contributed by atoms with Gasteiger partial charge in [-0.3, -0.25) is 4.79 Å². The van der Waals surface area contributed by atoms with E-state index in [1.807, 2.05) is 12.1 Å². The second-order valence-electron chi connectivity index (χ2n) is 7.94. The molecule has 0 atom stereocenters. The van der Waals surface area contributed by atoms with Crippen LogP contribution in [0.4, 0.5) is 5.69 Å². The molecule has 2 aromatic carbocycles. The normalized spacial score (nSPS) is 17.1. The number of halogens is 1. The first kappa shape index (κ1) is 21.2.